The van der Waals surface area contributed by atoms with Crippen LogP contribution in [0.3, 0.4) is 0 Å². The highest BCUT2D eigenvalue weighted by molar-refractivity contribution is 5.66. The Morgan fingerprint density at radius 3 is 3.28 bits per heavy atom. The first-order chi connectivity index (χ1) is 8.90. The average molecular weight is 243 g/mol. The van der Waals surface area contributed by atoms with Gasteiger partial charge >= 0.3 is 0 Å². The zero-order valence-electron chi connectivity index (χ0n) is 10.3. The molecule has 1 fully saturated rings. The monoisotopic (exact) mass is 243 g/mol. The van der Waals surface area contributed by atoms with Crippen molar-refractivity contribution in [1.82, 2.24) is 15.3 Å². The van der Waals surface area contributed by atoms with Crippen LogP contribution in [0.5, 0.6) is 0 Å². The first-order valence-corrected chi connectivity index (χ1v) is 6.78. The van der Waals surface area contributed by atoms with E-state index in [1.165, 1.54) is 24.1 Å². The van der Waals surface area contributed by atoms with Crippen molar-refractivity contribution in [2.75, 3.05) is 6.54 Å². The van der Waals surface area contributed by atoms with Gasteiger partial charge in [-0.25, -0.2) is 4.98 Å². The van der Waals surface area contributed by atoms with Crippen LogP contribution in [0.1, 0.15) is 30.1 Å². The summed E-state index contributed by atoms with van der Waals surface area (Å²) in [4.78, 5) is 8.27. The molecule has 94 valence electrons. The first-order valence-electron chi connectivity index (χ1n) is 6.78. The van der Waals surface area contributed by atoms with Crippen molar-refractivity contribution in [2.45, 2.75) is 38.1 Å². The second-order valence-electron chi connectivity index (χ2n) is 5.27. The number of aromatic nitrogens is 2. The normalized spacial score (nSPS) is 21.9. The van der Waals surface area contributed by atoms with Gasteiger partial charge in [0.15, 0.2) is 0 Å². The summed E-state index contributed by atoms with van der Waals surface area (Å²) in [5.74, 6) is 2.20. The van der Waals surface area contributed by atoms with Gasteiger partial charge in [0.05, 0.1) is 12.0 Å². The smallest absolute Gasteiger partial charge is 0.113 e. The van der Waals surface area contributed by atoms with E-state index in [0.717, 1.165) is 43.1 Å². The number of nitrogens with one attached hydrogen (secondary N) is 2. The highest BCUT2D eigenvalue weighted by Crippen LogP contribution is 2.32. The topological polar surface area (TPSA) is 53.9 Å². The lowest BCUT2D eigenvalue weighted by molar-refractivity contribution is 0.506. The number of imidazole rings is 1. The molecule has 1 atom stereocenters. The molecule has 3 heterocycles. The Morgan fingerprint density at radius 2 is 2.39 bits per heavy atom. The Labute approximate surface area is 106 Å². The van der Waals surface area contributed by atoms with Gasteiger partial charge in [-0.1, -0.05) is 0 Å². The average Bonchev–Trinajstić information content (AvgIpc) is 3.06. The summed E-state index contributed by atoms with van der Waals surface area (Å²) in [7, 11) is 0. The van der Waals surface area contributed by atoms with Crippen LogP contribution in [0.15, 0.2) is 16.7 Å². The second kappa shape index (κ2) is 3.99. The molecule has 4 heteroatoms. The Bertz CT molecular complexity index is 563. The van der Waals surface area contributed by atoms with Crippen molar-refractivity contribution < 1.29 is 4.42 Å². The van der Waals surface area contributed by atoms with E-state index in [9.17, 15) is 0 Å². The second-order valence-corrected chi connectivity index (χ2v) is 5.27. The van der Waals surface area contributed by atoms with Gasteiger partial charge in [0, 0.05) is 30.1 Å². The van der Waals surface area contributed by atoms with Crippen molar-refractivity contribution >= 4 is 0 Å². The standard InChI is InChI=1S/C14H17N3O/c1-2-9(15-6-1)8-13-16-11-3-4-12-10(5-7-18-12)14(11)17-13/h5,7,9,15H,1-4,6,8H2,(H,16,17). The van der Waals surface area contributed by atoms with E-state index >= 15 is 0 Å². The molecule has 2 aliphatic rings. The van der Waals surface area contributed by atoms with Gasteiger partial charge in [0.2, 0.25) is 0 Å². The number of aromatic amines is 1. The molecule has 0 bridgehead atoms. The molecule has 18 heavy (non-hydrogen) atoms. The van der Waals surface area contributed by atoms with E-state index in [-0.39, 0.29) is 0 Å². The number of rotatable bonds is 2. The number of hydrogen-bond donors (Lipinski definition) is 2. The lowest BCUT2D eigenvalue weighted by Crippen LogP contribution is -2.24. The number of furan rings is 1. The number of nitrogens with zero attached hydrogens (tertiary/aromatic N) is 1. The van der Waals surface area contributed by atoms with Crippen LogP contribution in [-0.4, -0.2) is 22.6 Å². The van der Waals surface area contributed by atoms with Crippen LogP contribution in [0.25, 0.3) is 11.3 Å². The Balaban J connectivity index is 1.65. The molecule has 1 aliphatic carbocycles. The van der Waals surface area contributed by atoms with E-state index in [4.69, 9.17) is 9.40 Å². The molecule has 0 aromatic carbocycles. The molecule has 2 aromatic rings. The maximum Gasteiger partial charge on any atom is 0.113 e. The first kappa shape index (κ1) is 10.4. The number of H-pyrrole nitrogens is 1. The van der Waals surface area contributed by atoms with E-state index < -0.39 is 0 Å². The van der Waals surface area contributed by atoms with Gasteiger partial charge in [-0.2, -0.15) is 0 Å². The Morgan fingerprint density at radius 1 is 1.39 bits per heavy atom. The minimum absolute atomic E-state index is 0.599. The van der Waals surface area contributed by atoms with Gasteiger partial charge in [-0.3, -0.25) is 0 Å². The summed E-state index contributed by atoms with van der Waals surface area (Å²) in [6.07, 6.45) is 7.34. The van der Waals surface area contributed by atoms with Crippen LogP contribution in [0, 0.1) is 0 Å². The summed E-state index contributed by atoms with van der Waals surface area (Å²) in [6, 6.07) is 2.63. The third kappa shape index (κ3) is 1.60. The van der Waals surface area contributed by atoms with Crippen LogP contribution in [0.4, 0.5) is 0 Å². The minimum Gasteiger partial charge on any atom is -0.469 e. The number of fused-ring (bicyclic) bond motifs is 3. The van der Waals surface area contributed by atoms with Crippen LogP contribution >= 0.6 is 0 Å². The molecular formula is C14H17N3O. The van der Waals surface area contributed by atoms with Crippen molar-refractivity contribution in [3.63, 3.8) is 0 Å². The van der Waals surface area contributed by atoms with E-state index in [0.29, 0.717) is 6.04 Å². The fourth-order valence-corrected chi connectivity index (χ4v) is 3.11. The van der Waals surface area contributed by atoms with Crippen molar-refractivity contribution in [2.24, 2.45) is 0 Å². The summed E-state index contributed by atoms with van der Waals surface area (Å²) in [5, 5.41) is 3.52. The third-order valence-electron chi connectivity index (χ3n) is 4.03. The fraction of sp³-hybridized carbons (Fsp3) is 0.500. The number of hydrogen-bond acceptors (Lipinski definition) is 3. The maximum atomic E-state index is 5.49. The molecule has 1 saturated heterocycles. The molecule has 2 N–H and O–H groups in total. The molecule has 2 aromatic heterocycles. The van der Waals surface area contributed by atoms with Crippen molar-refractivity contribution in [3.05, 3.63) is 29.6 Å². The molecule has 4 nitrogen and oxygen atoms in total. The highest BCUT2D eigenvalue weighted by Gasteiger charge is 2.24. The molecule has 1 unspecified atom stereocenters. The summed E-state index contributed by atoms with van der Waals surface area (Å²) in [5.41, 5.74) is 3.56. The minimum atomic E-state index is 0.599. The predicted octanol–water partition coefficient (Wildman–Crippen LogP) is 2.06. The Kier molecular flexibility index (Phi) is 2.30. The SMILES string of the molecule is c1cc2c(o1)CCc1[nH]c(CC3CCCN3)nc1-2. The molecular weight excluding hydrogens is 226 g/mol. The van der Waals surface area contributed by atoms with Crippen LogP contribution < -0.4 is 5.32 Å². The lowest BCUT2D eigenvalue weighted by Gasteiger charge is -2.08. The van der Waals surface area contributed by atoms with Gasteiger partial charge in [0.25, 0.3) is 0 Å². The quantitative estimate of drug-likeness (QED) is 0.849. The van der Waals surface area contributed by atoms with Crippen LogP contribution in [-0.2, 0) is 19.3 Å². The van der Waals surface area contributed by atoms with Gasteiger partial charge in [-0.15, -0.1) is 0 Å². The van der Waals surface area contributed by atoms with E-state index in [1.807, 2.05) is 6.07 Å². The van der Waals surface area contributed by atoms with E-state index in [1.54, 1.807) is 6.26 Å². The molecule has 0 saturated carbocycles. The van der Waals surface area contributed by atoms with Crippen molar-refractivity contribution in [3.8, 4) is 11.3 Å². The lowest BCUT2D eigenvalue weighted by atomic mass is 10.00. The molecule has 4 rings (SSSR count). The van der Waals surface area contributed by atoms with Gasteiger partial charge in [-0.05, 0) is 31.9 Å². The van der Waals surface area contributed by atoms with Crippen LogP contribution in [0.2, 0.25) is 0 Å². The highest BCUT2D eigenvalue weighted by atomic mass is 16.3. The summed E-state index contributed by atoms with van der Waals surface area (Å²) < 4.78 is 5.49. The number of aryl methyl sites for hydroxylation is 2. The Hall–Kier alpha value is -1.55. The van der Waals surface area contributed by atoms with Gasteiger partial charge < -0.3 is 14.7 Å². The molecule has 0 amide bonds. The third-order valence-corrected chi connectivity index (χ3v) is 4.03. The summed E-state index contributed by atoms with van der Waals surface area (Å²) >= 11 is 0. The largest absolute Gasteiger partial charge is 0.469 e. The fourth-order valence-electron chi connectivity index (χ4n) is 3.11. The molecule has 0 spiro atoms. The molecule has 0 radical (unpaired) electrons. The summed E-state index contributed by atoms with van der Waals surface area (Å²) in [6.45, 7) is 1.15. The van der Waals surface area contributed by atoms with Crippen molar-refractivity contribution in [1.29, 1.82) is 0 Å². The zero-order chi connectivity index (χ0) is 11.9. The van der Waals surface area contributed by atoms with Gasteiger partial charge in [0.1, 0.15) is 11.6 Å². The van der Waals surface area contributed by atoms with E-state index in [2.05, 4.69) is 10.3 Å². The maximum absolute atomic E-state index is 5.49. The zero-order valence-corrected chi connectivity index (χ0v) is 10.3. The predicted molar refractivity (Wildman–Crippen MR) is 68.4 cm³/mol. The molecule has 1 aliphatic heterocycles.